The zero-order chi connectivity index (χ0) is 16.1. The molecule has 5 heteroatoms. The maximum Gasteiger partial charge on any atom is 0.156 e. The van der Waals surface area contributed by atoms with E-state index < -0.39 is 0 Å². The van der Waals surface area contributed by atoms with Crippen LogP contribution in [0.3, 0.4) is 0 Å². The van der Waals surface area contributed by atoms with Gasteiger partial charge in [-0.3, -0.25) is 0 Å². The van der Waals surface area contributed by atoms with E-state index in [0.29, 0.717) is 28.0 Å². The average molecular weight is 397 g/mol. The van der Waals surface area contributed by atoms with Crippen LogP contribution in [0.2, 0.25) is 10.0 Å². The molecule has 0 saturated carbocycles. The van der Waals surface area contributed by atoms with Crippen LogP contribution in [0.15, 0.2) is 40.9 Å². The molecule has 2 nitrogen and oxygen atoms in total. The lowest BCUT2D eigenvalue weighted by Crippen LogP contribution is -1.93. The minimum Gasteiger partial charge on any atom is -0.491 e. The minimum absolute atomic E-state index is 0.425. The lowest BCUT2D eigenvalue weighted by atomic mass is 10.0. The molecule has 0 unspecified atom stereocenters. The highest BCUT2D eigenvalue weighted by atomic mass is 79.9. The van der Waals surface area contributed by atoms with Crippen LogP contribution >= 0.6 is 39.1 Å². The third-order valence-corrected chi connectivity index (χ3v) is 3.99. The highest BCUT2D eigenvalue weighted by Crippen LogP contribution is 2.35. The smallest absolute Gasteiger partial charge is 0.156 e. The fourth-order valence-electron chi connectivity index (χ4n) is 1.92. The number of rotatable bonds is 4. The van der Waals surface area contributed by atoms with Crippen LogP contribution < -0.4 is 4.74 Å². The highest BCUT2D eigenvalue weighted by molar-refractivity contribution is 9.10. The van der Waals surface area contributed by atoms with Crippen molar-refractivity contribution in [3.8, 4) is 11.8 Å². The van der Waals surface area contributed by atoms with Gasteiger partial charge < -0.3 is 4.74 Å². The number of ether oxygens (including phenoxy) is 1. The van der Waals surface area contributed by atoms with E-state index in [4.69, 9.17) is 27.9 Å². The van der Waals surface area contributed by atoms with Crippen LogP contribution in [-0.2, 0) is 0 Å². The number of nitrogens with zero attached hydrogens (tertiary/aromatic N) is 1. The predicted octanol–water partition coefficient (Wildman–Crippen LogP) is 6.22. The molecule has 0 aromatic heterocycles. The summed E-state index contributed by atoms with van der Waals surface area (Å²) in [6.07, 6.45) is 1.75. The molecule has 0 radical (unpaired) electrons. The molecule has 0 bridgehead atoms. The minimum atomic E-state index is 0.425. The first kappa shape index (κ1) is 16.9. The first-order valence-electron chi connectivity index (χ1n) is 6.54. The van der Waals surface area contributed by atoms with Crippen molar-refractivity contribution in [2.75, 3.05) is 6.61 Å². The summed E-state index contributed by atoms with van der Waals surface area (Å²) in [6, 6.07) is 13.2. The first-order valence-corrected chi connectivity index (χ1v) is 8.09. The van der Waals surface area contributed by atoms with Crippen LogP contribution in [-0.4, -0.2) is 6.61 Å². The maximum atomic E-state index is 9.37. The van der Waals surface area contributed by atoms with Crippen LogP contribution in [0.5, 0.6) is 5.75 Å². The molecule has 0 aliphatic rings. The van der Waals surface area contributed by atoms with E-state index in [1.165, 1.54) is 0 Å². The Morgan fingerprint density at radius 2 is 1.82 bits per heavy atom. The van der Waals surface area contributed by atoms with Gasteiger partial charge in [0.1, 0.15) is 0 Å². The van der Waals surface area contributed by atoms with Gasteiger partial charge in [0.15, 0.2) is 5.75 Å². The monoisotopic (exact) mass is 395 g/mol. The number of benzene rings is 2. The Balaban J connectivity index is 2.42. The Morgan fingerprint density at radius 1 is 1.23 bits per heavy atom. The van der Waals surface area contributed by atoms with Crippen molar-refractivity contribution in [3.63, 3.8) is 0 Å². The molecule has 0 aliphatic carbocycles. The van der Waals surface area contributed by atoms with Crippen molar-refractivity contribution < 1.29 is 4.74 Å². The summed E-state index contributed by atoms with van der Waals surface area (Å²) in [4.78, 5) is 0. The largest absolute Gasteiger partial charge is 0.491 e. The Hall–Kier alpha value is -1.47. The molecular formula is C17H12BrCl2NO. The number of hydrogen-bond donors (Lipinski definition) is 0. The van der Waals surface area contributed by atoms with Gasteiger partial charge in [0.2, 0.25) is 0 Å². The van der Waals surface area contributed by atoms with E-state index in [0.717, 1.165) is 15.6 Å². The normalized spacial score (nSPS) is 11.1. The maximum absolute atomic E-state index is 9.37. The molecule has 112 valence electrons. The highest BCUT2D eigenvalue weighted by Gasteiger charge is 2.09. The summed E-state index contributed by atoms with van der Waals surface area (Å²) in [5.74, 6) is 0.463. The zero-order valence-electron chi connectivity index (χ0n) is 11.7. The molecular weight excluding hydrogens is 385 g/mol. The van der Waals surface area contributed by atoms with E-state index in [9.17, 15) is 5.26 Å². The third kappa shape index (κ3) is 4.04. The van der Waals surface area contributed by atoms with Gasteiger partial charge in [-0.25, -0.2) is 0 Å². The predicted molar refractivity (Wildman–Crippen MR) is 95.3 cm³/mol. The van der Waals surface area contributed by atoms with E-state index in [-0.39, 0.29) is 0 Å². The Morgan fingerprint density at radius 3 is 2.32 bits per heavy atom. The Labute approximate surface area is 148 Å². The fourth-order valence-corrected chi connectivity index (χ4v) is 2.80. The Kier molecular flexibility index (Phi) is 5.90. The van der Waals surface area contributed by atoms with Gasteiger partial charge in [0.05, 0.1) is 28.3 Å². The molecule has 22 heavy (non-hydrogen) atoms. The second kappa shape index (κ2) is 7.69. The summed E-state index contributed by atoms with van der Waals surface area (Å²) in [5, 5.41) is 10.2. The molecule has 0 atom stereocenters. The van der Waals surface area contributed by atoms with Crippen LogP contribution in [0.1, 0.15) is 18.1 Å². The zero-order valence-corrected chi connectivity index (χ0v) is 14.8. The number of nitriles is 1. The van der Waals surface area contributed by atoms with Crippen molar-refractivity contribution in [3.05, 3.63) is 62.0 Å². The van der Waals surface area contributed by atoms with Gasteiger partial charge in [-0.05, 0) is 48.4 Å². The third-order valence-electron chi connectivity index (χ3n) is 2.90. The van der Waals surface area contributed by atoms with Crippen molar-refractivity contribution in [1.29, 1.82) is 5.26 Å². The number of hydrogen-bond acceptors (Lipinski definition) is 2. The van der Waals surface area contributed by atoms with Crippen molar-refractivity contribution >= 4 is 50.8 Å². The summed E-state index contributed by atoms with van der Waals surface area (Å²) in [7, 11) is 0. The summed E-state index contributed by atoms with van der Waals surface area (Å²) < 4.78 is 6.36. The van der Waals surface area contributed by atoms with Crippen LogP contribution in [0.25, 0.3) is 11.6 Å². The number of allylic oxidation sites excluding steroid dienone is 1. The summed E-state index contributed by atoms with van der Waals surface area (Å²) in [5.41, 5.74) is 2.11. The summed E-state index contributed by atoms with van der Waals surface area (Å²) >= 11 is 15.7. The van der Waals surface area contributed by atoms with Crippen molar-refractivity contribution in [2.24, 2.45) is 0 Å². The molecule has 0 heterocycles. The molecule has 2 aromatic carbocycles. The van der Waals surface area contributed by atoms with Crippen molar-refractivity contribution in [1.82, 2.24) is 0 Å². The quantitative estimate of drug-likeness (QED) is 0.454. The van der Waals surface area contributed by atoms with Gasteiger partial charge in [-0.2, -0.15) is 5.26 Å². The Bertz CT molecular complexity index is 725. The molecule has 2 rings (SSSR count). The molecule has 0 saturated heterocycles. The SMILES string of the molecule is CCOc1c(Cl)cc(/C=C(\C#N)c2ccc(Br)cc2)cc1Cl. The molecule has 0 fully saturated rings. The molecule has 0 aliphatic heterocycles. The van der Waals surface area contributed by atoms with Gasteiger partial charge in [0.25, 0.3) is 0 Å². The van der Waals surface area contributed by atoms with Crippen LogP contribution in [0, 0.1) is 11.3 Å². The standard InChI is InChI=1S/C17H12BrCl2NO/c1-2-22-17-15(19)8-11(9-16(17)20)7-13(10-21)12-3-5-14(18)6-4-12/h3-9H,2H2,1H3/b13-7+. The van der Waals surface area contributed by atoms with E-state index in [1.807, 2.05) is 31.2 Å². The van der Waals surface area contributed by atoms with Gasteiger partial charge >= 0.3 is 0 Å². The topological polar surface area (TPSA) is 33.0 Å². The van der Waals surface area contributed by atoms with Gasteiger partial charge in [-0.15, -0.1) is 0 Å². The fraction of sp³-hybridized carbons (Fsp3) is 0.118. The van der Waals surface area contributed by atoms with Crippen molar-refractivity contribution in [2.45, 2.75) is 6.92 Å². The van der Waals surface area contributed by atoms with Crippen LogP contribution in [0.4, 0.5) is 0 Å². The molecule has 2 aromatic rings. The average Bonchev–Trinajstić information content (AvgIpc) is 2.49. The lowest BCUT2D eigenvalue weighted by Gasteiger charge is -2.09. The molecule has 0 amide bonds. The second-order valence-corrected chi connectivity index (χ2v) is 6.15. The lowest BCUT2D eigenvalue weighted by molar-refractivity contribution is 0.340. The van der Waals surface area contributed by atoms with E-state index in [1.54, 1.807) is 18.2 Å². The summed E-state index contributed by atoms with van der Waals surface area (Å²) in [6.45, 7) is 2.35. The molecule has 0 N–H and O–H groups in total. The van der Waals surface area contributed by atoms with E-state index in [2.05, 4.69) is 22.0 Å². The van der Waals surface area contributed by atoms with Gasteiger partial charge in [0, 0.05) is 4.47 Å². The number of halogens is 3. The second-order valence-electron chi connectivity index (χ2n) is 4.42. The van der Waals surface area contributed by atoms with E-state index >= 15 is 0 Å². The van der Waals surface area contributed by atoms with Gasteiger partial charge in [-0.1, -0.05) is 51.3 Å². The first-order chi connectivity index (χ1) is 10.5. The molecule has 0 spiro atoms.